The number of hydrogen-bond acceptors (Lipinski definition) is 2. The van der Waals surface area contributed by atoms with Crippen LogP contribution in [0.3, 0.4) is 0 Å². The molecule has 0 bridgehead atoms. The van der Waals surface area contributed by atoms with Gasteiger partial charge in [0.05, 0.1) is 0 Å². The molecule has 1 rings (SSSR count). The van der Waals surface area contributed by atoms with Crippen LogP contribution in [-0.2, 0) is 4.74 Å². The Morgan fingerprint density at radius 1 is 1.50 bits per heavy atom. The molecule has 0 aliphatic carbocycles. The summed E-state index contributed by atoms with van der Waals surface area (Å²) >= 11 is 0. The highest BCUT2D eigenvalue weighted by Crippen LogP contribution is 2.14. The van der Waals surface area contributed by atoms with E-state index in [4.69, 9.17) is 4.74 Å². The van der Waals surface area contributed by atoms with Gasteiger partial charge in [-0.15, -0.1) is 0 Å². The first kappa shape index (κ1) is 6.05. The van der Waals surface area contributed by atoms with Gasteiger partial charge in [-0.1, -0.05) is 0 Å². The van der Waals surface area contributed by atoms with Gasteiger partial charge in [0.25, 0.3) is 0 Å². The third-order valence-electron chi connectivity index (χ3n) is 1.35. The second-order valence-electron chi connectivity index (χ2n) is 1.98. The number of hydrogen-bond donors (Lipinski definition) is 1. The van der Waals surface area contributed by atoms with Gasteiger partial charge in [-0.2, -0.15) is 0 Å². The highest BCUT2D eigenvalue weighted by atomic mass is 16.5. The lowest BCUT2D eigenvalue weighted by Gasteiger charge is -2.19. The van der Waals surface area contributed by atoms with Crippen molar-refractivity contribution in [1.82, 2.24) is 5.32 Å². The van der Waals surface area contributed by atoms with Crippen LogP contribution in [0.15, 0.2) is 0 Å². The van der Waals surface area contributed by atoms with Gasteiger partial charge in [-0.25, -0.2) is 0 Å². The molecule has 0 aromatic carbocycles. The SMILES string of the molecule is CN[C]1CCCCO1. The highest BCUT2D eigenvalue weighted by molar-refractivity contribution is 4.75. The predicted octanol–water partition coefficient (Wildman–Crippen LogP) is 0.896. The van der Waals surface area contributed by atoms with Crippen LogP contribution in [0.4, 0.5) is 0 Å². The van der Waals surface area contributed by atoms with E-state index in [9.17, 15) is 0 Å². The molecular weight excluding hydrogens is 102 g/mol. The standard InChI is InChI=1S/C6H12NO/c1-7-6-4-2-3-5-8-6/h7H,2-5H2,1H3. The molecule has 0 aromatic heterocycles. The van der Waals surface area contributed by atoms with Crippen molar-refractivity contribution >= 4 is 0 Å². The predicted molar refractivity (Wildman–Crippen MR) is 32.1 cm³/mol. The molecule has 0 unspecified atom stereocenters. The molecule has 8 heavy (non-hydrogen) atoms. The molecular formula is C6H12NO. The summed E-state index contributed by atoms with van der Waals surface area (Å²) in [5.41, 5.74) is 0. The first-order valence-electron chi connectivity index (χ1n) is 3.10. The van der Waals surface area contributed by atoms with Crippen molar-refractivity contribution in [3.8, 4) is 0 Å². The summed E-state index contributed by atoms with van der Waals surface area (Å²) in [5.74, 6) is 0. The maximum absolute atomic E-state index is 5.23. The Kier molecular flexibility index (Phi) is 2.30. The topological polar surface area (TPSA) is 21.3 Å². The molecule has 47 valence electrons. The molecule has 1 heterocycles. The maximum atomic E-state index is 5.23. The van der Waals surface area contributed by atoms with Crippen molar-refractivity contribution in [3.63, 3.8) is 0 Å². The minimum Gasteiger partial charge on any atom is -0.356 e. The van der Waals surface area contributed by atoms with Crippen molar-refractivity contribution in [1.29, 1.82) is 0 Å². The van der Waals surface area contributed by atoms with Crippen molar-refractivity contribution < 1.29 is 4.74 Å². The normalized spacial score (nSPS) is 23.6. The van der Waals surface area contributed by atoms with E-state index in [0.29, 0.717) is 0 Å². The summed E-state index contributed by atoms with van der Waals surface area (Å²) in [4.78, 5) is 0. The molecule has 0 atom stereocenters. The first-order valence-corrected chi connectivity index (χ1v) is 3.10. The number of rotatable bonds is 1. The zero-order valence-electron chi connectivity index (χ0n) is 5.24. The molecule has 1 aliphatic heterocycles. The Hall–Kier alpha value is -0.0800. The molecule has 1 saturated heterocycles. The Balaban J connectivity index is 2.13. The van der Waals surface area contributed by atoms with Crippen LogP contribution in [0.1, 0.15) is 19.3 Å². The van der Waals surface area contributed by atoms with Crippen molar-refractivity contribution in [2.75, 3.05) is 13.7 Å². The van der Waals surface area contributed by atoms with Gasteiger partial charge < -0.3 is 4.74 Å². The molecule has 0 saturated carbocycles. The molecule has 1 radical (unpaired) electrons. The minimum atomic E-state index is 0.899. The molecule has 1 N–H and O–H groups in total. The van der Waals surface area contributed by atoms with E-state index in [2.05, 4.69) is 5.32 Å². The average Bonchev–Trinajstić information content (AvgIpc) is 1.90. The molecule has 1 fully saturated rings. The Morgan fingerprint density at radius 3 is 2.75 bits per heavy atom. The van der Waals surface area contributed by atoms with Gasteiger partial charge in [0.2, 0.25) is 0 Å². The van der Waals surface area contributed by atoms with Gasteiger partial charge in [0.15, 0.2) is 6.23 Å². The van der Waals surface area contributed by atoms with Crippen LogP contribution < -0.4 is 5.32 Å². The summed E-state index contributed by atoms with van der Waals surface area (Å²) in [7, 11) is 1.90. The van der Waals surface area contributed by atoms with E-state index < -0.39 is 0 Å². The first-order chi connectivity index (χ1) is 3.93. The molecule has 0 amide bonds. The van der Waals surface area contributed by atoms with Crippen LogP contribution >= 0.6 is 0 Å². The van der Waals surface area contributed by atoms with Gasteiger partial charge in [0.1, 0.15) is 0 Å². The summed E-state index contributed by atoms with van der Waals surface area (Å²) < 4.78 is 5.23. The summed E-state index contributed by atoms with van der Waals surface area (Å²) in [6.45, 7) is 0.899. The lowest BCUT2D eigenvalue weighted by Crippen LogP contribution is -2.23. The Bertz CT molecular complexity index is 59.5. The third-order valence-corrected chi connectivity index (χ3v) is 1.35. The van der Waals surface area contributed by atoms with E-state index in [-0.39, 0.29) is 0 Å². The quantitative estimate of drug-likeness (QED) is 0.546. The maximum Gasteiger partial charge on any atom is 0.161 e. The second-order valence-corrected chi connectivity index (χ2v) is 1.98. The zero-order valence-corrected chi connectivity index (χ0v) is 5.24. The van der Waals surface area contributed by atoms with Gasteiger partial charge in [-0.3, -0.25) is 5.32 Å². The summed E-state index contributed by atoms with van der Waals surface area (Å²) in [6, 6.07) is 0. The molecule has 0 spiro atoms. The van der Waals surface area contributed by atoms with E-state index in [1.807, 2.05) is 7.05 Å². The lowest BCUT2D eigenvalue weighted by molar-refractivity contribution is 0.0837. The largest absolute Gasteiger partial charge is 0.356 e. The fourth-order valence-corrected chi connectivity index (χ4v) is 0.852. The van der Waals surface area contributed by atoms with E-state index in [1.54, 1.807) is 0 Å². The van der Waals surface area contributed by atoms with Gasteiger partial charge in [-0.05, 0) is 26.3 Å². The van der Waals surface area contributed by atoms with Gasteiger partial charge in [0, 0.05) is 6.61 Å². The van der Waals surface area contributed by atoms with E-state index >= 15 is 0 Å². The summed E-state index contributed by atoms with van der Waals surface area (Å²) in [6.07, 6.45) is 4.63. The Labute approximate surface area is 50.2 Å². The van der Waals surface area contributed by atoms with Crippen LogP contribution in [0.5, 0.6) is 0 Å². The minimum absolute atomic E-state index is 0.899. The fraction of sp³-hybridized carbons (Fsp3) is 0.833. The molecule has 2 nitrogen and oxygen atoms in total. The van der Waals surface area contributed by atoms with Crippen molar-refractivity contribution in [2.24, 2.45) is 0 Å². The summed E-state index contributed by atoms with van der Waals surface area (Å²) in [5, 5.41) is 3.00. The third kappa shape index (κ3) is 1.46. The van der Waals surface area contributed by atoms with Crippen LogP contribution in [0.25, 0.3) is 0 Å². The van der Waals surface area contributed by atoms with E-state index in [1.165, 1.54) is 12.8 Å². The monoisotopic (exact) mass is 114 g/mol. The van der Waals surface area contributed by atoms with Crippen molar-refractivity contribution in [3.05, 3.63) is 6.23 Å². The van der Waals surface area contributed by atoms with Gasteiger partial charge >= 0.3 is 0 Å². The van der Waals surface area contributed by atoms with Crippen LogP contribution in [-0.4, -0.2) is 13.7 Å². The lowest BCUT2D eigenvalue weighted by atomic mass is 10.2. The Morgan fingerprint density at radius 2 is 2.38 bits per heavy atom. The van der Waals surface area contributed by atoms with E-state index in [0.717, 1.165) is 19.3 Å². The van der Waals surface area contributed by atoms with Crippen LogP contribution in [0, 0.1) is 6.23 Å². The fourth-order valence-electron chi connectivity index (χ4n) is 0.852. The molecule has 2 heteroatoms. The zero-order chi connectivity index (χ0) is 5.82. The second kappa shape index (κ2) is 3.05. The average molecular weight is 114 g/mol. The number of nitrogens with one attached hydrogen (secondary N) is 1. The molecule has 1 aliphatic rings. The smallest absolute Gasteiger partial charge is 0.161 e. The number of ether oxygens (including phenoxy) is 1. The van der Waals surface area contributed by atoms with Crippen molar-refractivity contribution in [2.45, 2.75) is 19.3 Å². The van der Waals surface area contributed by atoms with Crippen LogP contribution in [0.2, 0.25) is 0 Å². The molecule has 0 aromatic rings. The highest BCUT2D eigenvalue weighted by Gasteiger charge is 2.11.